The van der Waals surface area contributed by atoms with E-state index in [1.807, 2.05) is 54.3 Å². The van der Waals surface area contributed by atoms with E-state index in [2.05, 4.69) is 21.2 Å². The van der Waals surface area contributed by atoms with Crippen LogP contribution in [0.4, 0.5) is 0 Å². The lowest BCUT2D eigenvalue weighted by atomic mass is 9.88. The molecule has 0 radical (unpaired) electrons. The smallest absolute Gasteiger partial charge is 0.139 e. The number of pyridine rings is 1. The van der Waals surface area contributed by atoms with Gasteiger partial charge in [-0.05, 0) is 24.1 Å². The van der Waals surface area contributed by atoms with Crippen LogP contribution in [0.2, 0.25) is 0 Å². The number of rotatable bonds is 6. The fraction of sp³-hybridized carbons (Fsp3) is 0.385. The summed E-state index contributed by atoms with van der Waals surface area (Å²) in [6.45, 7) is 4.06. The van der Waals surface area contributed by atoms with E-state index < -0.39 is 6.10 Å². The van der Waals surface area contributed by atoms with E-state index >= 15 is 0 Å². The number of aliphatic imine (C=N–C) groups is 1. The van der Waals surface area contributed by atoms with E-state index in [1.165, 1.54) is 11.3 Å². The molecule has 2 aliphatic heterocycles. The highest BCUT2D eigenvalue weighted by Crippen LogP contribution is 2.27. The number of fused-ring (bicyclic) bond motifs is 2. The molecule has 0 fully saturated rings. The highest BCUT2D eigenvalue weighted by Gasteiger charge is 2.27. The van der Waals surface area contributed by atoms with Gasteiger partial charge < -0.3 is 10.0 Å². The Morgan fingerprint density at radius 2 is 2.03 bits per heavy atom. The van der Waals surface area contributed by atoms with Crippen molar-refractivity contribution in [2.24, 2.45) is 12.0 Å². The Hall–Kier alpha value is -3.32. The van der Waals surface area contributed by atoms with Crippen molar-refractivity contribution in [3.63, 3.8) is 0 Å². The first-order valence-corrected chi connectivity index (χ1v) is 11.5. The van der Waals surface area contributed by atoms with Crippen LogP contribution in [-0.2, 0) is 37.8 Å². The first-order valence-electron chi connectivity index (χ1n) is 11.5. The zero-order valence-electron chi connectivity index (χ0n) is 19.1. The van der Waals surface area contributed by atoms with Crippen molar-refractivity contribution in [1.82, 2.24) is 19.7 Å². The molecule has 1 aromatic carbocycles. The lowest BCUT2D eigenvalue weighted by Crippen LogP contribution is -2.35. The van der Waals surface area contributed by atoms with Crippen molar-refractivity contribution >= 4 is 11.6 Å². The van der Waals surface area contributed by atoms with Gasteiger partial charge in [0.2, 0.25) is 0 Å². The van der Waals surface area contributed by atoms with Crippen LogP contribution in [0.25, 0.3) is 0 Å². The maximum Gasteiger partial charge on any atom is 0.139 e. The molecule has 33 heavy (non-hydrogen) atoms. The van der Waals surface area contributed by atoms with Crippen molar-refractivity contribution in [2.45, 2.75) is 51.3 Å². The molecule has 4 heterocycles. The van der Waals surface area contributed by atoms with Crippen molar-refractivity contribution in [3.05, 3.63) is 82.4 Å². The summed E-state index contributed by atoms with van der Waals surface area (Å²) in [5, 5.41) is 14.8. The molecule has 0 aliphatic carbocycles. The predicted octanol–water partition coefficient (Wildman–Crippen LogP) is 2.80. The molecule has 7 nitrogen and oxygen atoms in total. The van der Waals surface area contributed by atoms with Gasteiger partial charge in [-0.25, -0.2) is 0 Å². The largest absolute Gasteiger partial charge is 0.393 e. The first kappa shape index (κ1) is 21.5. The van der Waals surface area contributed by atoms with E-state index in [0.29, 0.717) is 13.0 Å². The van der Waals surface area contributed by atoms with Gasteiger partial charge in [-0.3, -0.25) is 19.5 Å². The molecule has 2 atom stereocenters. The third kappa shape index (κ3) is 4.46. The monoisotopic (exact) mass is 443 g/mol. The van der Waals surface area contributed by atoms with Crippen molar-refractivity contribution in [2.75, 3.05) is 6.54 Å². The van der Waals surface area contributed by atoms with Crippen LogP contribution in [0.3, 0.4) is 0 Å². The van der Waals surface area contributed by atoms with Gasteiger partial charge in [0.05, 0.1) is 18.3 Å². The first-order chi connectivity index (χ1) is 16.0. The Morgan fingerprint density at radius 3 is 2.82 bits per heavy atom. The van der Waals surface area contributed by atoms with Gasteiger partial charge >= 0.3 is 0 Å². The highest BCUT2D eigenvalue weighted by molar-refractivity contribution is 6.02. The van der Waals surface area contributed by atoms with Gasteiger partial charge in [0, 0.05) is 74.5 Å². The number of aryl methyl sites for hydroxylation is 1. The summed E-state index contributed by atoms with van der Waals surface area (Å²) in [6.07, 6.45) is 4.83. The summed E-state index contributed by atoms with van der Waals surface area (Å²) in [4.78, 5) is 24.5. The maximum absolute atomic E-state index is 12.8. The highest BCUT2D eigenvalue weighted by atomic mass is 16.3. The fourth-order valence-corrected chi connectivity index (χ4v) is 4.91. The van der Waals surface area contributed by atoms with Gasteiger partial charge in [-0.1, -0.05) is 30.3 Å². The number of aliphatic hydroxyl groups excluding tert-OH is 1. The quantitative estimate of drug-likeness (QED) is 0.633. The molecule has 0 amide bonds. The molecule has 0 spiro atoms. The fourth-order valence-electron chi connectivity index (χ4n) is 4.91. The molecule has 7 heteroatoms. The summed E-state index contributed by atoms with van der Waals surface area (Å²) in [7, 11) is 1.96. The van der Waals surface area contributed by atoms with Crippen LogP contribution in [-0.4, -0.2) is 49.0 Å². The number of Topliss-reactive ketones (excluding diaryl/α,β-unsaturated/α-hetero) is 1. The molecular formula is C26H29N5O2. The van der Waals surface area contributed by atoms with E-state index in [4.69, 9.17) is 4.99 Å². The van der Waals surface area contributed by atoms with Gasteiger partial charge in [-0.15, -0.1) is 0 Å². The van der Waals surface area contributed by atoms with Gasteiger partial charge in [-0.2, -0.15) is 5.10 Å². The molecule has 0 saturated heterocycles. The van der Waals surface area contributed by atoms with E-state index in [9.17, 15) is 9.90 Å². The molecule has 0 saturated carbocycles. The number of carbonyl (C=O) groups excluding carboxylic acids is 1. The summed E-state index contributed by atoms with van der Waals surface area (Å²) in [5.74, 6) is 0.860. The van der Waals surface area contributed by atoms with Gasteiger partial charge in [0.1, 0.15) is 11.6 Å². The summed E-state index contributed by atoms with van der Waals surface area (Å²) < 4.78 is 1.88. The third-order valence-electron chi connectivity index (χ3n) is 6.59. The Morgan fingerprint density at radius 1 is 1.21 bits per heavy atom. The van der Waals surface area contributed by atoms with E-state index in [1.54, 1.807) is 6.92 Å². The zero-order chi connectivity index (χ0) is 22.9. The van der Waals surface area contributed by atoms with Crippen LogP contribution >= 0.6 is 0 Å². The zero-order valence-corrected chi connectivity index (χ0v) is 19.1. The molecule has 3 aromatic rings. The van der Waals surface area contributed by atoms with Crippen molar-refractivity contribution in [3.8, 4) is 0 Å². The Kier molecular flexibility index (Phi) is 5.81. The number of aliphatic hydroxyl groups is 1. The standard InChI is InChI=1S/C26H29N5O2/c1-17(32)23(18-6-4-3-5-7-18)12-22(33)11-21-10-19-13-28-26(24(19)14-27-21)31-9-8-25-20(16-31)15-30(2)29-25/h3-7,10,14-15,17,23,32H,8-9,11-13,16H2,1-2H3/t17-,23-/m1/s1. The van der Waals surface area contributed by atoms with Gasteiger partial charge in [0.25, 0.3) is 0 Å². The van der Waals surface area contributed by atoms with Crippen LogP contribution in [0.15, 0.2) is 53.8 Å². The molecule has 2 aromatic heterocycles. The summed E-state index contributed by atoms with van der Waals surface area (Å²) >= 11 is 0. The molecule has 170 valence electrons. The molecule has 0 unspecified atom stereocenters. The van der Waals surface area contributed by atoms with Crippen molar-refractivity contribution in [1.29, 1.82) is 0 Å². The number of aromatic nitrogens is 3. The van der Waals surface area contributed by atoms with E-state index in [0.717, 1.165) is 47.7 Å². The number of carbonyl (C=O) groups is 1. The number of nitrogens with zero attached hydrogens (tertiary/aromatic N) is 5. The van der Waals surface area contributed by atoms with Crippen LogP contribution in [0.5, 0.6) is 0 Å². The Labute approximate surface area is 193 Å². The normalized spacial score (nSPS) is 16.7. The van der Waals surface area contributed by atoms with Gasteiger partial charge in [0.15, 0.2) is 0 Å². The number of benzene rings is 1. The lowest BCUT2D eigenvalue weighted by Gasteiger charge is -2.28. The lowest BCUT2D eigenvalue weighted by molar-refractivity contribution is -0.119. The maximum atomic E-state index is 12.8. The second-order valence-corrected chi connectivity index (χ2v) is 9.10. The average Bonchev–Trinajstić information content (AvgIpc) is 3.39. The molecule has 0 bridgehead atoms. The van der Waals surface area contributed by atoms with Crippen LogP contribution in [0.1, 0.15) is 52.9 Å². The molecule has 5 rings (SSSR count). The molecule has 2 aliphatic rings. The topological polar surface area (TPSA) is 83.6 Å². The minimum absolute atomic E-state index is 0.0801. The minimum atomic E-state index is -0.592. The third-order valence-corrected chi connectivity index (χ3v) is 6.59. The van der Waals surface area contributed by atoms with Crippen LogP contribution in [0, 0.1) is 0 Å². The predicted molar refractivity (Wildman–Crippen MR) is 126 cm³/mol. The minimum Gasteiger partial charge on any atom is -0.393 e. The second kappa shape index (κ2) is 8.90. The van der Waals surface area contributed by atoms with Crippen molar-refractivity contribution < 1.29 is 9.90 Å². The average molecular weight is 444 g/mol. The number of ketones is 1. The number of amidine groups is 1. The second-order valence-electron chi connectivity index (χ2n) is 9.10. The SMILES string of the molecule is C[C@@H](O)[C@@H](CC(=O)Cc1cc2c(cn1)C(N1CCc3nn(C)cc3C1)=NC2)c1ccccc1. The van der Waals surface area contributed by atoms with Crippen LogP contribution < -0.4 is 0 Å². The molecule has 1 N–H and O–H groups in total. The van der Waals surface area contributed by atoms with E-state index in [-0.39, 0.29) is 18.1 Å². The Balaban J connectivity index is 1.26. The number of hydrogen-bond acceptors (Lipinski definition) is 6. The molecular weight excluding hydrogens is 414 g/mol. The summed E-state index contributed by atoms with van der Waals surface area (Å²) in [5.41, 5.74) is 6.35. The summed E-state index contributed by atoms with van der Waals surface area (Å²) in [6, 6.07) is 11.8. The number of hydrogen-bond donors (Lipinski definition) is 1. The Bertz CT molecular complexity index is 1200.